The maximum atomic E-state index is 10.6. The molecule has 2 aromatic carbocycles. The van der Waals surface area contributed by atoms with Gasteiger partial charge in [-0.3, -0.25) is 0 Å². The average molecular weight is 358 g/mol. The van der Waals surface area contributed by atoms with Crippen molar-refractivity contribution in [2.75, 3.05) is 6.61 Å². The van der Waals surface area contributed by atoms with Gasteiger partial charge in [-0.05, 0) is 11.1 Å². The molecule has 2 aliphatic rings. The minimum Gasteiger partial charge on any atom is -0.392 e. The molecule has 2 aliphatic heterocycles. The van der Waals surface area contributed by atoms with Gasteiger partial charge in [0.05, 0.1) is 13.2 Å². The van der Waals surface area contributed by atoms with E-state index in [1.807, 2.05) is 30.3 Å². The highest BCUT2D eigenvalue weighted by atomic mass is 16.7. The Morgan fingerprint density at radius 3 is 2.27 bits per heavy atom. The molecule has 2 heterocycles. The van der Waals surface area contributed by atoms with Crippen molar-refractivity contribution in [1.29, 1.82) is 0 Å². The van der Waals surface area contributed by atoms with Crippen LogP contribution in [-0.4, -0.2) is 46.3 Å². The van der Waals surface area contributed by atoms with Crippen molar-refractivity contribution in [3.8, 4) is 0 Å². The Morgan fingerprint density at radius 1 is 0.846 bits per heavy atom. The summed E-state index contributed by atoms with van der Waals surface area (Å²) in [7, 11) is 0. The van der Waals surface area contributed by atoms with Crippen LogP contribution in [0.2, 0.25) is 0 Å². The van der Waals surface area contributed by atoms with E-state index in [4.69, 9.17) is 19.3 Å². The van der Waals surface area contributed by atoms with Crippen LogP contribution in [-0.2, 0) is 20.8 Å². The van der Waals surface area contributed by atoms with Crippen LogP contribution >= 0.6 is 0 Å². The van der Waals surface area contributed by atoms with Gasteiger partial charge in [0.25, 0.3) is 0 Å². The van der Waals surface area contributed by atoms with Crippen LogP contribution in [0.5, 0.6) is 0 Å². The van der Waals surface area contributed by atoms with Crippen LogP contribution in [0.25, 0.3) is 0 Å². The maximum absolute atomic E-state index is 10.6. The van der Waals surface area contributed by atoms with E-state index in [-0.39, 0.29) is 13.2 Å². The number of ether oxygens (including phenoxy) is 3. The Kier molecular flexibility index (Phi) is 5.04. The van der Waals surface area contributed by atoms with Crippen molar-refractivity contribution in [3.63, 3.8) is 0 Å². The van der Waals surface area contributed by atoms with E-state index in [2.05, 4.69) is 0 Å². The van der Waals surface area contributed by atoms with Crippen LogP contribution in [0.4, 0.5) is 0 Å². The number of rotatable bonds is 3. The van der Waals surface area contributed by atoms with Gasteiger partial charge < -0.3 is 29.5 Å². The van der Waals surface area contributed by atoms with E-state index in [1.54, 1.807) is 24.3 Å². The van der Waals surface area contributed by atoms with E-state index in [9.17, 15) is 10.2 Å². The van der Waals surface area contributed by atoms with E-state index < -0.39 is 36.8 Å². The normalized spacial score (nSPS) is 34.3. The lowest BCUT2D eigenvalue weighted by atomic mass is 9.90. The van der Waals surface area contributed by atoms with Gasteiger partial charge in [0.2, 0.25) is 0 Å². The van der Waals surface area contributed by atoms with Gasteiger partial charge in [0.15, 0.2) is 6.29 Å². The summed E-state index contributed by atoms with van der Waals surface area (Å²) in [6.45, 7) is 0.212. The number of fused-ring (bicyclic) bond motifs is 1. The molecule has 0 aliphatic carbocycles. The molecule has 0 bridgehead atoms. The van der Waals surface area contributed by atoms with Crippen molar-refractivity contribution < 1.29 is 29.5 Å². The summed E-state index contributed by atoms with van der Waals surface area (Å²) < 4.78 is 17.6. The molecule has 0 saturated carbocycles. The van der Waals surface area contributed by atoms with Crippen molar-refractivity contribution in [2.24, 2.45) is 0 Å². The molecule has 4 rings (SSSR count). The first-order valence-electron chi connectivity index (χ1n) is 8.70. The molecule has 2 aromatic rings. The highest BCUT2D eigenvalue weighted by molar-refractivity contribution is 5.26. The van der Waals surface area contributed by atoms with Gasteiger partial charge in [-0.25, -0.2) is 0 Å². The van der Waals surface area contributed by atoms with Crippen LogP contribution < -0.4 is 0 Å². The van der Waals surface area contributed by atoms with Crippen LogP contribution in [0.1, 0.15) is 29.1 Å². The van der Waals surface area contributed by atoms with E-state index in [0.29, 0.717) is 0 Å². The SMILES string of the molecule is OCc1ccc([C@@H]2O[C@@H]3COC(c4ccccc4)O[C@H]3[C@H](O)[C@H]2O)cc1. The lowest BCUT2D eigenvalue weighted by Gasteiger charge is -2.46. The summed E-state index contributed by atoms with van der Waals surface area (Å²) in [5.41, 5.74) is 2.36. The zero-order valence-corrected chi connectivity index (χ0v) is 14.1. The molecular formula is C20H22O6. The number of hydrogen-bond donors (Lipinski definition) is 3. The molecule has 0 spiro atoms. The van der Waals surface area contributed by atoms with Crippen molar-refractivity contribution in [1.82, 2.24) is 0 Å². The molecule has 2 saturated heterocycles. The van der Waals surface area contributed by atoms with Gasteiger partial charge in [0.1, 0.15) is 30.5 Å². The molecule has 6 atom stereocenters. The second kappa shape index (κ2) is 7.44. The number of aliphatic hydroxyl groups excluding tert-OH is 3. The van der Waals surface area contributed by atoms with Crippen molar-refractivity contribution in [2.45, 2.75) is 43.4 Å². The van der Waals surface area contributed by atoms with Crippen LogP contribution in [0, 0.1) is 0 Å². The third-order valence-corrected chi connectivity index (χ3v) is 4.94. The molecule has 6 heteroatoms. The minimum atomic E-state index is -1.12. The second-order valence-corrected chi connectivity index (χ2v) is 6.65. The zero-order chi connectivity index (χ0) is 18.1. The third kappa shape index (κ3) is 3.27. The molecule has 1 unspecified atom stereocenters. The fraction of sp³-hybridized carbons (Fsp3) is 0.400. The van der Waals surface area contributed by atoms with Gasteiger partial charge in [0, 0.05) is 5.56 Å². The predicted octanol–water partition coefficient (Wildman–Crippen LogP) is 1.45. The highest BCUT2D eigenvalue weighted by Gasteiger charge is 2.49. The first-order chi connectivity index (χ1) is 12.7. The molecule has 0 aromatic heterocycles. The number of hydrogen-bond acceptors (Lipinski definition) is 6. The summed E-state index contributed by atoms with van der Waals surface area (Å²) in [6.07, 6.45) is -4.63. The second-order valence-electron chi connectivity index (χ2n) is 6.65. The fourth-order valence-electron chi connectivity index (χ4n) is 3.48. The first-order valence-corrected chi connectivity index (χ1v) is 8.70. The predicted molar refractivity (Wildman–Crippen MR) is 92.0 cm³/mol. The standard InChI is InChI=1S/C20H22O6/c21-10-12-6-8-13(9-7-12)18-16(22)17(23)19-15(25-18)11-24-20(26-19)14-4-2-1-3-5-14/h1-9,15-23H,10-11H2/t15-,16-,17-,18+,19-,20?/m1/s1. The Hall–Kier alpha value is -1.80. The monoisotopic (exact) mass is 358 g/mol. The summed E-state index contributed by atoms with van der Waals surface area (Å²) >= 11 is 0. The van der Waals surface area contributed by atoms with Crippen LogP contribution in [0.15, 0.2) is 54.6 Å². The Balaban J connectivity index is 1.51. The van der Waals surface area contributed by atoms with Gasteiger partial charge >= 0.3 is 0 Å². The fourth-order valence-corrected chi connectivity index (χ4v) is 3.48. The van der Waals surface area contributed by atoms with E-state index in [1.165, 1.54) is 0 Å². The van der Waals surface area contributed by atoms with Gasteiger partial charge in [-0.15, -0.1) is 0 Å². The minimum absolute atomic E-state index is 0.0514. The Labute approximate surface area is 151 Å². The molecular weight excluding hydrogens is 336 g/mol. The summed E-state index contributed by atoms with van der Waals surface area (Å²) in [4.78, 5) is 0. The summed E-state index contributed by atoms with van der Waals surface area (Å²) in [5, 5.41) is 30.3. The molecule has 0 radical (unpaired) electrons. The topological polar surface area (TPSA) is 88.4 Å². The highest BCUT2D eigenvalue weighted by Crippen LogP contribution is 2.38. The molecule has 3 N–H and O–H groups in total. The number of benzene rings is 2. The van der Waals surface area contributed by atoms with E-state index in [0.717, 1.165) is 16.7 Å². The summed E-state index contributed by atoms with van der Waals surface area (Å²) in [6, 6.07) is 16.6. The van der Waals surface area contributed by atoms with Crippen LogP contribution in [0.3, 0.4) is 0 Å². The molecule has 0 amide bonds. The largest absolute Gasteiger partial charge is 0.392 e. The Bertz CT molecular complexity index is 717. The summed E-state index contributed by atoms with van der Waals surface area (Å²) in [5.74, 6) is 0. The lowest BCUT2D eigenvalue weighted by Crippen LogP contribution is -2.59. The van der Waals surface area contributed by atoms with E-state index >= 15 is 0 Å². The van der Waals surface area contributed by atoms with Crippen molar-refractivity contribution >= 4 is 0 Å². The average Bonchev–Trinajstić information content (AvgIpc) is 2.71. The van der Waals surface area contributed by atoms with Gasteiger partial charge in [-0.2, -0.15) is 0 Å². The third-order valence-electron chi connectivity index (χ3n) is 4.94. The Morgan fingerprint density at radius 2 is 1.58 bits per heavy atom. The smallest absolute Gasteiger partial charge is 0.184 e. The first kappa shape index (κ1) is 17.6. The quantitative estimate of drug-likeness (QED) is 0.770. The molecule has 26 heavy (non-hydrogen) atoms. The molecule has 2 fully saturated rings. The molecule has 138 valence electrons. The lowest BCUT2D eigenvalue weighted by molar-refractivity contribution is -0.330. The maximum Gasteiger partial charge on any atom is 0.184 e. The zero-order valence-electron chi connectivity index (χ0n) is 14.1. The van der Waals surface area contributed by atoms with Gasteiger partial charge in [-0.1, -0.05) is 54.6 Å². The molecule has 6 nitrogen and oxygen atoms in total. The number of aliphatic hydroxyl groups is 3. The van der Waals surface area contributed by atoms with Crippen molar-refractivity contribution in [3.05, 3.63) is 71.3 Å².